The highest BCUT2D eigenvalue weighted by atomic mass is 16.5. The summed E-state index contributed by atoms with van der Waals surface area (Å²) >= 11 is 0. The van der Waals surface area contributed by atoms with Crippen LogP contribution >= 0.6 is 0 Å². The van der Waals surface area contributed by atoms with Gasteiger partial charge in [-0.2, -0.15) is 0 Å². The molecular weight excluding hydrogens is 330 g/mol. The van der Waals surface area contributed by atoms with Gasteiger partial charge in [-0.15, -0.1) is 0 Å². The Morgan fingerprint density at radius 3 is 2.85 bits per heavy atom. The molecule has 2 aliphatic heterocycles. The molecule has 2 heterocycles. The van der Waals surface area contributed by atoms with Crippen LogP contribution in [0.25, 0.3) is 0 Å². The van der Waals surface area contributed by atoms with E-state index in [1.807, 2.05) is 24.3 Å². The minimum atomic E-state index is -0.274. The van der Waals surface area contributed by atoms with Crippen LogP contribution in [-0.2, 0) is 9.59 Å². The molecule has 0 aromatic heterocycles. The van der Waals surface area contributed by atoms with E-state index in [1.54, 1.807) is 12.0 Å². The van der Waals surface area contributed by atoms with Crippen LogP contribution in [-0.4, -0.2) is 56.5 Å². The third-order valence-corrected chi connectivity index (χ3v) is 5.26. The molecule has 1 atom stereocenters. The summed E-state index contributed by atoms with van der Waals surface area (Å²) in [6.45, 7) is 4.52. The molecule has 0 saturated carbocycles. The molecule has 0 unspecified atom stereocenters. The van der Waals surface area contributed by atoms with Crippen molar-refractivity contribution >= 4 is 17.5 Å². The number of carbonyl (C=O) groups excluding carboxylic acids is 2. The summed E-state index contributed by atoms with van der Waals surface area (Å²) in [5, 5.41) is 3.01. The minimum absolute atomic E-state index is 0.00767. The van der Waals surface area contributed by atoms with E-state index >= 15 is 0 Å². The number of piperidine rings is 1. The molecule has 26 heavy (non-hydrogen) atoms. The number of methoxy groups -OCH3 is 1. The highest BCUT2D eigenvalue weighted by molar-refractivity contribution is 6.00. The van der Waals surface area contributed by atoms with Crippen LogP contribution in [0.15, 0.2) is 24.3 Å². The molecule has 3 rings (SSSR count). The van der Waals surface area contributed by atoms with Crippen LogP contribution in [0, 0.1) is 5.92 Å². The van der Waals surface area contributed by atoms with E-state index in [4.69, 9.17) is 4.74 Å². The van der Waals surface area contributed by atoms with E-state index in [0.29, 0.717) is 18.8 Å². The highest BCUT2D eigenvalue weighted by Gasteiger charge is 2.35. The Balaban J connectivity index is 1.44. The Kier molecular flexibility index (Phi) is 6.50. The normalized spacial score (nSPS) is 21.0. The first-order chi connectivity index (χ1) is 12.7. The molecule has 1 N–H and O–H groups in total. The van der Waals surface area contributed by atoms with E-state index in [9.17, 15) is 9.59 Å². The standard InChI is InChI=1S/C20H29N3O3/c1-26-18-8-5-7-17(14-18)23-15-16(13-19(23)24)20(25)21-9-6-12-22-10-3-2-4-11-22/h5,7-8,14,16H,2-4,6,9-13,15H2,1H3,(H,21,25)/t16-/m0/s1. The average Bonchev–Trinajstić information content (AvgIpc) is 3.08. The van der Waals surface area contributed by atoms with E-state index in [2.05, 4.69) is 10.2 Å². The Hall–Kier alpha value is -2.08. The molecular formula is C20H29N3O3. The van der Waals surface area contributed by atoms with Crippen LogP contribution in [0.3, 0.4) is 0 Å². The summed E-state index contributed by atoms with van der Waals surface area (Å²) in [7, 11) is 1.60. The molecule has 2 fully saturated rings. The summed E-state index contributed by atoms with van der Waals surface area (Å²) in [6.07, 6.45) is 5.15. The first-order valence-electron chi connectivity index (χ1n) is 9.62. The molecule has 6 heteroatoms. The molecule has 1 aromatic carbocycles. The van der Waals surface area contributed by atoms with E-state index in [-0.39, 0.29) is 24.2 Å². The number of hydrogen-bond donors (Lipinski definition) is 1. The van der Waals surface area contributed by atoms with Gasteiger partial charge in [0.2, 0.25) is 11.8 Å². The number of nitrogens with zero attached hydrogens (tertiary/aromatic N) is 2. The number of carbonyl (C=O) groups is 2. The first-order valence-corrected chi connectivity index (χ1v) is 9.62. The van der Waals surface area contributed by atoms with Gasteiger partial charge in [0, 0.05) is 31.3 Å². The predicted molar refractivity (Wildman–Crippen MR) is 101 cm³/mol. The zero-order valence-corrected chi connectivity index (χ0v) is 15.6. The van der Waals surface area contributed by atoms with Crippen molar-refractivity contribution in [1.29, 1.82) is 0 Å². The minimum Gasteiger partial charge on any atom is -0.497 e. The van der Waals surface area contributed by atoms with Crippen molar-refractivity contribution in [3.05, 3.63) is 24.3 Å². The van der Waals surface area contributed by atoms with Crippen molar-refractivity contribution in [2.24, 2.45) is 5.92 Å². The third-order valence-electron chi connectivity index (χ3n) is 5.26. The lowest BCUT2D eigenvalue weighted by Gasteiger charge is -2.26. The van der Waals surface area contributed by atoms with Crippen molar-refractivity contribution in [2.75, 3.05) is 44.7 Å². The topological polar surface area (TPSA) is 61.9 Å². The lowest BCUT2D eigenvalue weighted by atomic mass is 10.1. The molecule has 0 radical (unpaired) electrons. The molecule has 142 valence electrons. The Bertz CT molecular complexity index is 628. The lowest BCUT2D eigenvalue weighted by molar-refractivity contribution is -0.126. The van der Waals surface area contributed by atoms with Gasteiger partial charge in [-0.3, -0.25) is 9.59 Å². The van der Waals surface area contributed by atoms with Gasteiger partial charge >= 0.3 is 0 Å². The maximum absolute atomic E-state index is 12.4. The number of rotatable bonds is 7. The molecule has 2 aliphatic rings. The van der Waals surface area contributed by atoms with Crippen molar-refractivity contribution in [3.63, 3.8) is 0 Å². The zero-order chi connectivity index (χ0) is 18.4. The third kappa shape index (κ3) is 4.75. The van der Waals surface area contributed by atoms with Gasteiger partial charge in [0.25, 0.3) is 0 Å². The summed E-state index contributed by atoms with van der Waals surface area (Å²) < 4.78 is 5.22. The SMILES string of the molecule is COc1cccc(N2C[C@@H](C(=O)NCCCN3CCCCC3)CC2=O)c1. The van der Waals surface area contributed by atoms with E-state index < -0.39 is 0 Å². The summed E-state index contributed by atoms with van der Waals surface area (Å²) in [5.74, 6) is 0.415. The number of amides is 2. The van der Waals surface area contributed by atoms with Gasteiger partial charge in [-0.1, -0.05) is 12.5 Å². The molecule has 1 aromatic rings. The molecule has 2 saturated heterocycles. The van der Waals surface area contributed by atoms with Crippen molar-refractivity contribution in [3.8, 4) is 5.75 Å². The van der Waals surface area contributed by atoms with Gasteiger partial charge in [-0.05, 0) is 51.0 Å². The van der Waals surface area contributed by atoms with Crippen LogP contribution < -0.4 is 15.0 Å². The fraction of sp³-hybridized carbons (Fsp3) is 0.600. The van der Waals surface area contributed by atoms with Gasteiger partial charge in [0.1, 0.15) is 5.75 Å². The van der Waals surface area contributed by atoms with E-state index in [0.717, 1.165) is 18.7 Å². The lowest BCUT2D eigenvalue weighted by Crippen LogP contribution is -2.36. The van der Waals surface area contributed by atoms with Gasteiger partial charge in [0.15, 0.2) is 0 Å². The first kappa shape index (κ1) is 18.7. The monoisotopic (exact) mass is 359 g/mol. The number of benzene rings is 1. The van der Waals surface area contributed by atoms with Crippen LogP contribution in [0.2, 0.25) is 0 Å². The molecule has 0 spiro atoms. The van der Waals surface area contributed by atoms with Gasteiger partial charge in [-0.25, -0.2) is 0 Å². The maximum Gasteiger partial charge on any atom is 0.227 e. The second kappa shape index (κ2) is 9.03. The van der Waals surface area contributed by atoms with E-state index in [1.165, 1.54) is 32.4 Å². The summed E-state index contributed by atoms with van der Waals surface area (Å²) in [6, 6.07) is 7.40. The number of likely N-dealkylation sites (tertiary alicyclic amines) is 1. The smallest absolute Gasteiger partial charge is 0.227 e. The fourth-order valence-corrected chi connectivity index (χ4v) is 3.75. The fourth-order valence-electron chi connectivity index (χ4n) is 3.75. The van der Waals surface area contributed by atoms with Crippen LogP contribution in [0.4, 0.5) is 5.69 Å². The Morgan fingerprint density at radius 2 is 2.08 bits per heavy atom. The largest absolute Gasteiger partial charge is 0.497 e. The Morgan fingerprint density at radius 1 is 1.27 bits per heavy atom. The molecule has 0 bridgehead atoms. The van der Waals surface area contributed by atoms with Crippen molar-refractivity contribution in [2.45, 2.75) is 32.1 Å². The van der Waals surface area contributed by atoms with Gasteiger partial charge < -0.3 is 19.9 Å². The number of hydrogen-bond acceptors (Lipinski definition) is 4. The zero-order valence-electron chi connectivity index (χ0n) is 15.6. The summed E-state index contributed by atoms with van der Waals surface area (Å²) in [5.41, 5.74) is 0.787. The molecule has 0 aliphatic carbocycles. The average molecular weight is 359 g/mol. The second-order valence-electron chi connectivity index (χ2n) is 7.15. The van der Waals surface area contributed by atoms with Crippen molar-refractivity contribution in [1.82, 2.24) is 10.2 Å². The van der Waals surface area contributed by atoms with Crippen LogP contribution in [0.1, 0.15) is 32.1 Å². The van der Waals surface area contributed by atoms with Gasteiger partial charge in [0.05, 0.1) is 13.0 Å². The number of nitrogens with one attached hydrogen (secondary N) is 1. The highest BCUT2D eigenvalue weighted by Crippen LogP contribution is 2.27. The Labute approximate surface area is 155 Å². The molecule has 6 nitrogen and oxygen atoms in total. The molecule has 2 amide bonds. The number of anilines is 1. The number of ether oxygens (including phenoxy) is 1. The van der Waals surface area contributed by atoms with Crippen LogP contribution in [0.5, 0.6) is 5.75 Å². The summed E-state index contributed by atoms with van der Waals surface area (Å²) in [4.78, 5) is 28.9. The van der Waals surface area contributed by atoms with Crippen molar-refractivity contribution < 1.29 is 14.3 Å². The maximum atomic E-state index is 12.4. The second-order valence-corrected chi connectivity index (χ2v) is 7.15. The predicted octanol–water partition coefficient (Wildman–Crippen LogP) is 2.04. The quantitative estimate of drug-likeness (QED) is 0.757.